The number of hydrogen-bond acceptors (Lipinski definition) is 3. The van der Waals surface area contributed by atoms with Gasteiger partial charge in [0.2, 0.25) is 5.91 Å². The van der Waals surface area contributed by atoms with Crippen molar-refractivity contribution in [3.8, 4) is 0 Å². The molecule has 1 aromatic rings. The number of carbonyl (C=O) groups excluding carboxylic acids is 1. The minimum atomic E-state index is 0.130. The summed E-state index contributed by atoms with van der Waals surface area (Å²) in [4.78, 5) is 13.8. The van der Waals surface area contributed by atoms with Crippen LogP contribution in [-0.2, 0) is 16.0 Å². The highest BCUT2D eigenvalue weighted by Crippen LogP contribution is 2.13. The molecule has 0 bridgehead atoms. The summed E-state index contributed by atoms with van der Waals surface area (Å²) >= 11 is 0. The molecule has 1 amide bonds. The molecule has 1 atom stereocenters. The third kappa shape index (κ3) is 2.97. The number of amides is 1. The second-order valence-electron chi connectivity index (χ2n) is 4.44. The van der Waals surface area contributed by atoms with E-state index in [9.17, 15) is 4.79 Å². The van der Waals surface area contributed by atoms with Crippen molar-refractivity contribution < 1.29 is 9.53 Å². The molecule has 0 saturated carbocycles. The minimum absolute atomic E-state index is 0.130. The van der Waals surface area contributed by atoms with Crippen LogP contribution in [0.4, 0.5) is 5.69 Å². The molecular weight excluding hydrogens is 216 g/mol. The normalized spacial score (nSPS) is 19.2. The third-order valence-electron chi connectivity index (χ3n) is 3.18. The Balaban J connectivity index is 1.93. The quantitative estimate of drug-likeness (QED) is 0.796. The lowest BCUT2D eigenvalue weighted by molar-refractivity contribution is -0.131. The van der Waals surface area contributed by atoms with Gasteiger partial charge in [0.25, 0.3) is 0 Å². The first-order valence-electron chi connectivity index (χ1n) is 5.84. The molecule has 2 N–H and O–H groups in total. The fourth-order valence-corrected chi connectivity index (χ4v) is 1.97. The summed E-state index contributed by atoms with van der Waals surface area (Å²) in [6.45, 7) is 1.41. The largest absolute Gasteiger partial charge is 0.399 e. The van der Waals surface area contributed by atoms with Crippen LogP contribution < -0.4 is 5.73 Å². The summed E-state index contributed by atoms with van der Waals surface area (Å²) in [6.07, 6.45) is 1.36. The van der Waals surface area contributed by atoms with Gasteiger partial charge in [-0.05, 0) is 24.1 Å². The van der Waals surface area contributed by atoms with Gasteiger partial charge in [0.1, 0.15) is 0 Å². The lowest BCUT2D eigenvalue weighted by Crippen LogP contribution is -2.38. The molecule has 0 aromatic heterocycles. The molecule has 1 aliphatic rings. The average molecular weight is 234 g/mol. The van der Waals surface area contributed by atoms with Crippen molar-refractivity contribution in [1.82, 2.24) is 4.90 Å². The van der Waals surface area contributed by atoms with Crippen molar-refractivity contribution in [2.24, 2.45) is 0 Å². The van der Waals surface area contributed by atoms with Crippen LogP contribution in [0.1, 0.15) is 12.0 Å². The van der Waals surface area contributed by atoms with Crippen LogP contribution in [-0.4, -0.2) is 37.1 Å². The molecule has 1 aliphatic heterocycles. The maximum Gasteiger partial charge on any atom is 0.227 e. The standard InChI is InChI=1S/C13H18N2O2/c1-15(12-6-7-17-9-12)13(16)8-10-2-4-11(14)5-3-10/h2-5,12H,6-9,14H2,1H3. The number of nitrogens with two attached hydrogens (primary N) is 1. The van der Waals surface area contributed by atoms with E-state index in [-0.39, 0.29) is 11.9 Å². The highest BCUT2D eigenvalue weighted by molar-refractivity contribution is 5.79. The Kier molecular flexibility index (Phi) is 3.64. The molecule has 0 spiro atoms. The molecule has 92 valence electrons. The van der Waals surface area contributed by atoms with Crippen LogP contribution in [0.5, 0.6) is 0 Å². The summed E-state index contributed by atoms with van der Waals surface area (Å²) in [7, 11) is 1.85. The van der Waals surface area contributed by atoms with Gasteiger partial charge in [-0.3, -0.25) is 4.79 Å². The van der Waals surface area contributed by atoms with Gasteiger partial charge in [0.05, 0.1) is 19.1 Å². The monoisotopic (exact) mass is 234 g/mol. The molecular formula is C13H18N2O2. The van der Waals surface area contributed by atoms with Gasteiger partial charge >= 0.3 is 0 Å². The molecule has 0 radical (unpaired) electrons. The first-order valence-corrected chi connectivity index (χ1v) is 5.84. The number of hydrogen-bond donors (Lipinski definition) is 1. The molecule has 17 heavy (non-hydrogen) atoms. The molecule has 1 saturated heterocycles. The number of anilines is 1. The van der Waals surface area contributed by atoms with Crippen LogP contribution in [0.15, 0.2) is 24.3 Å². The highest BCUT2D eigenvalue weighted by atomic mass is 16.5. The van der Waals surface area contributed by atoms with E-state index in [2.05, 4.69) is 0 Å². The lowest BCUT2D eigenvalue weighted by Gasteiger charge is -2.23. The Morgan fingerprint density at radius 2 is 2.18 bits per heavy atom. The van der Waals surface area contributed by atoms with Crippen LogP contribution in [0.25, 0.3) is 0 Å². The first kappa shape index (κ1) is 11.9. The predicted molar refractivity (Wildman–Crippen MR) is 66.6 cm³/mol. The fourth-order valence-electron chi connectivity index (χ4n) is 1.97. The van der Waals surface area contributed by atoms with Crippen molar-refractivity contribution >= 4 is 11.6 Å². The molecule has 1 fully saturated rings. The van der Waals surface area contributed by atoms with Crippen LogP contribution in [0, 0.1) is 0 Å². The van der Waals surface area contributed by atoms with E-state index in [0.29, 0.717) is 13.0 Å². The summed E-state index contributed by atoms with van der Waals surface area (Å²) in [5, 5.41) is 0. The molecule has 2 rings (SSSR count). The summed E-state index contributed by atoms with van der Waals surface area (Å²) in [5.41, 5.74) is 7.32. The molecule has 1 aromatic carbocycles. The van der Waals surface area contributed by atoms with Crippen LogP contribution in [0.3, 0.4) is 0 Å². The van der Waals surface area contributed by atoms with Gasteiger partial charge in [0, 0.05) is 19.3 Å². The van der Waals surface area contributed by atoms with E-state index in [1.165, 1.54) is 0 Å². The Labute approximate surface area is 101 Å². The average Bonchev–Trinajstić information content (AvgIpc) is 2.84. The van der Waals surface area contributed by atoms with E-state index in [1.807, 2.05) is 31.3 Å². The number of carbonyl (C=O) groups is 1. The Morgan fingerprint density at radius 3 is 2.76 bits per heavy atom. The summed E-state index contributed by atoms with van der Waals surface area (Å²) < 4.78 is 5.28. The SMILES string of the molecule is CN(C(=O)Cc1ccc(N)cc1)C1CCOC1. The second-order valence-corrected chi connectivity index (χ2v) is 4.44. The number of nitrogens with zero attached hydrogens (tertiary/aromatic N) is 1. The lowest BCUT2D eigenvalue weighted by atomic mass is 10.1. The Morgan fingerprint density at radius 1 is 1.47 bits per heavy atom. The first-order chi connectivity index (χ1) is 8.16. The van der Waals surface area contributed by atoms with Gasteiger partial charge in [-0.25, -0.2) is 0 Å². The predicted octanol–water partition coefficient (Wildman–Crippen LogP) is 1.06. The highest BCUT2D eigenvalue weighted by Gasteiger charge is 2.23. The molecule has 1 unspecified atom stereocenters. The van der Waals surface area contributed by atoms with Crippen molar-refractivity contribution in [3.63, 3.8) is 0 Å². The zero-order valence-electron chi connectivity index (χ0n) is 10.1. The number of likely N-dealkylation sites (N-methyl/N-ethyl adjacent to an activating group) is 1. The summed E-state index contributed by atoms with van der Waals surface area (Å²) in [5.74, 6) is 0.130. The Hall–Kier alpha value is -1.55. The van der Waals surface area contributed by atoms with E-state index < -0.39 is 0 Å². The molecule has 4 nitrogen and oxygen atoms in total. The number of rotatable bonds is 3. The second kappa shape index (κ2) is 5.19. The van der Waals surface area contributed by atoms with Gasteiger partial charge < -0.3 is 15.4 Å². The number of nitrogen functional groups attached to an aromatic ring is 1. The van der Waals surface area contributed by atoms with Gasteiger partial charge in [-0.2, -0.15) is 0 Å². The zero-order chi connectivity index (χ0) is 12.3. The fraction of sp³-hybridized carbons (Fsp3) is 0.462. The van der Waals surface area contributed by atoms with Gasteiger partial charge in [0.15, 0.2) is 0 Å². The van der Waals surface area contributed by atoms with Gasteiger partial charge in [-0.15, -0.1) is 0 Å². The van der Waals surface area contributed by atoms with Crippen LogP contribution >= 0.6 is 0 Å². The number of benzene rings is 1. The van der Waals surface area contributed by atoms with E-state index in [1.54, 1.807) is 4.90 Å². The number of ether oxygens (including phenoxy) is 1. The maximum atomic E-state index is 12.0. The van der Waals surface area contributed by atoms with E-state index >= 15 is 0 Å². The zero-order valence-corrected chi connectivity index (χ0v) is 10.1. The third-order valence-corrected chi connectivity index (χ3v) is 3.18. The van der Waals surface area contributed by atoms with E-state index in [4.69, 9.17) is 10.5 Å². The minimum Gasteiger partial charge on any atom is -0.399 e. The molecule has 4 heteroatoms. The summed E-state index contributed by atoms with van der Waals surface area (Å²) in [6, 6.07) is 7.66. The van der Waals surface area contributed by atoms with E-state index in [0.717, 1.165) is 24.3 Å². The van der Waals surface area contributed by atoms with Crippen molar-refractivity contribution in [1.29, 1.82) is 0 Å². The van der Waals surface area contributed by atoms with Crippen molar-refractivity contribution in [3.05, 3.63) is 29.8 Å². The Bertz CT molecular complexity index is 383. The molecule has 1 heterocycles. The maximum absolute atomic E-state index is 12.0. The van der Waals surface area contributed by atoms with Crippen molar-refractivity contribution in [2.75, 3.05) is 26.0 Å². The smallest absolute Gasteiger partial charge is 0.227 e. The van der Waals surface area contributed by atoms with Crippen molar-refractivity contribution in [2.45, 2.75) is 18.9 Å². The van der Waals surface area contributed by atoms with Crippen LogP contribution in [0.2, 0.25) is 0 Å². The molecule has 0 aliphatic carbocycles. The topological polar surface area (TPSA) is 55.6 Å². The van der Waals surface area contributed by atoms with Gasteiger partial charge in [-0.1, -0.05) is 12.1 Å².